The molecule has 1 aromatic heterocycles. The summed E-state index contributed by atoms with van der Waals surface area (Å²) < 4.78 is 0. The first-order valence-electron chi connectivity index (χ1n) is 6.77. The molecule has 1 fully saturated rings. The van der Waals surface area contributed by atoms with E-state index in [0.29, 0.717) is 11.7 Å². The van der Waals surface area contributed by atoms with Gasteiger partial charge in [-0.3, -0.25) is 0 Å². The number of hydrogen-bond acceptors (Lipinski definition) is 5. The van der Waals surface area contributed by atoms with Gasteiger partial charge in [-0.25, -0.2) is 4.98 Å². The number of nitrogens with two attached hydrogens (primary N) is 2. The Kier molecular flexibility index (Phi) is 3.21. The number of piperidine rings is 1. The van der Waals surface area contributed by atoms with Gasteiger partial charge in [0.15, 0.2) is 0 Å². The number of aromatic nitrogens is 2. The van der Waals surface area contributed by atoms with Gasteiger partial charge in [0.05, 0.1) is 5.69 Å². The second kappa shape index (κ2) is 4.34. The van der Waals surface area contributed by atoms with Gasteiger partial charge in [0, 0.05) is 17.5 Å². The molecule has 0 saturated carbocycles. The largest absolute Gasteiger partial charge is 0.384 e. The maximum Gasteiger partial charge on any atom is 0.222 e. The van der Waals surface area contributed by atoms with Crippen molar-refractivity contribution in [1.82, 2.24) is 14.9 Å². The minimum Gasteiger partial charge on any atom is -0.384 e. The van der Waals surface area contributed by atoms with E-state index in [4.69, 9.17) is 11.5 Å². The molecule has 1 aliphatic rings. The lowest BCUT2D eigenvalue weighted by atomic mass is 9.61. The van der Waals surface area contributed by atoms with E-state index in [1.807, 2.05) is 6.07 Å². The Morgan fingerprint density at radius 2 is 1.84 bits per heavy atom. The highest BCUT2D eigenvalue weighted by Gasteiger charge is 2.49. The number of rotatable bonds is 1. The quantitative estimate of drug-likeness (QED) is 0.808. The highest BCUT2D eigenvalue weighted by atomic mass is 15.2. The molecule has 0 radical (unpaired) electrons. The minimum atomic E-state index is 0.0766. The SMILES string of the molecule is CN1CCC(c2cc(N)nc(N)n2)C(C)(C)C1(C)C. The van der Waals surface area contributed by atoms with Crippen LogP contribution in [0.4, 0.5) is 11.8 Å². The number of nitrogen functional groups attached to an aromatic ring is 2. The highest BCUT2D eigenvalue weighted by molar-refractivity contribution is 5.38. The van der Waals surface area contributed by atoms with Crippen LogP contribution in [0.1, 0.15) is 45.7 Å². The number of hydrogen-bond donors (Lipinski definition) is 2. The van der Waals surface area contributed by atoms with Crippen molar-refractivity contribution in [1.29, 1.82) is 0 Å². The molecule has 0 aromatic carbocycles. The first kappa shape index (κ1) is 14.1. The van der Waals surface area contributed by atoms with Crippen LogP contribution in [0, 0.1) is 5.41 Å². The Morgan fingerprint density at radius 1 is 1.21 bits per heavy atom. The molecule has 4 N–H and O–H groups in total. The predicted octanol–water partition coefficient (Wildman–Crippen LogP) is 1.86. The lowest BCUT2D eigenvalue weighted by molar-refractivity contribution is -0.0311. The second-order valence-electron chi connectivity index (χ2n) is 6.62. The summed E-state index contributed by atoms with van der Waals surface area (Å²) in [5.74, 6) is 1.06. The summed E-state index contributed by atoms with van der Waals surface area (Å²) in [6, 6.07) is 1.87. The van der Waals surface area contributed by atoms with Crippen LogP contribution in [0.2, 0.25) is 0 Å². The van der Waals surface area contributed by atoms with Crippen molar-refractivity contribution < 1.29 is 0 Å². The van der Waals surface area contributed by atoms with E-state index in [1.54, 1.807) is 0 Å². The van der Waals surface area contributed by atoms with Crippen LogP contribution in [0.25, 0.3) is 0 Å². The van der Waals surface area contributed by atoms with Crippen LogP contribution >= 0.6 is 0 Å². The van der Waals surface area contributed by atoms with Crippen molar-refractivity contribution in [2.75, 3.05) is 25.1 Å². The van der Waals surface area contributed by atoms with E-state index < -0.39 is 0 Å². The molecule has 0 aliphatic carbocycles. The summed E-state index contributed by atoms with van der Waals surface area (Å²) in [7, 11) is 2.18. The van der Waals surface area contributed by atoms with E-state index in [1.165, 1.54) is 0 Å². The Bertz CT molecular complexity index is 460. The first-order chi connectivity index (χ1) is 8.66. The summed E-state index contributed by atoms with van der Waals surface area (Å²) in [5, 5.41) is 0. The smallest absolute Gasteiger partial charge is 0.222 e. The Labute approximate surface area is 115 Å². The van der Waals surface area contributed by atoms with Crippen molar-refractivity contribution in [3.63, 3.8) is 0 Å². The van der Waals surface area contributed by atoms with E-state index in [0.717, 1.165) is 18.7 Å². The molecule has 0 amide bonds. The van der Waals surface area contributed by atoms with Gasteiger partial charge in [-0.1, -0.05) is 13.8 Å². The third-order valence-electron chi connectivity index (χ3n) is 5.30. The molecule has 106 valence electrons. The molecular weight excluding hydrogens is 238 g/mol. The molecule has 0 spiro atoms. The van der Waals surface area contributed by atoms with Crippen LogP contribution < -0.4 is 11.5 Å². The van der Waals surface area contributed by atoms with Crippen LogP contribution in [-0.4, -0.2) is 34.0 Å². The van der Waals surface area contributed by atoms with Crippen molar-refractivity contribution in [3.8, 4) is 0 Å². The molecule has 1 unspecified atom stereocenters. The Morgan fingerprint density at radius 3 is 2.42 bits per heavy atom. The maximum atomic E-state index is 5.81. The zero-order valence-corrected chi connectivity index (χ0v) is 12.6. The van der Waals surface area contributed by atoms with Gasteiger partial charge in [0.2, 0.25) is 5.95 Å². The Balaban J connectivity index is 2.45. The highest BCUT2D eigenvalue weighted by Crippen LogP contribution is 2.50. The van der Waals surface area contributed by atoms with Crippen molar-refractivity contribution in [3.05, 3.63) is 11.8 Å². The van der Waals surface area contributed by atoms with Crippen LogP contribution in [0.3, 0.4) is 0 Å². The van der Waals surface area contributed by atoms with Crippen LogP contribution in [0.5, 0.6) is 0 Å². The summed E-state index contributed by atoms with van der Waals surface area (Å²) in [5.41, 5.74) is 12.7. The maximum absolute atomic E-state index is 5.81. The van der Waals surface area contributed by atoms with Gasteiger partial charge in [0.25, 0.3) is 0 Å². The van der Waals surface area contributed by atoms with Gasteiger partial charge in [0.1, 0.15) is 5.82 Å². The minimum absolute atomic E-state index is 0.0766. The van der Waals surface area contributed by atoms with E-state index in [2.05, 4.69) is 49.6 Å². The fourth-order valence-corrected chi connectivity index (χ4v) is 3.08. The standard InChI is InChI=1S/C14H25N5/c1-13(2)9(6-7-19(5)14(13,3)4)10-8-11(15)18-12(16)17-10/h8-9H,6-7H2,1-5H3,(H4,15,16,17,18). The second-order valence-corrected chi connectivity index (χ2v) is 6.62. The molecule has 5 heteroatoms. The molecule has 1 atom stereocenters. The van der Waals surface area contributed by atoms with Crippen LogP contribution in [0.15, 0.2) is 6.07 Å². The third-order valence-corrected chi connectivity index (χ3v) is 5.30. The average molecular weight is 263 g/mol. The predicted molar refractivity (Wildman–Crippen MR) is 78.7 cm³/mol. The zero-order valence-electron chi connectivity index (χ0n) is 12.6. The third kappa shape index (κ3) is 2.16. The zero-order chi connectivity index (χ0) is 14.4. The molecule has 0 bridgehead atoms. The van der Waals surface area contributed by atoms with Gasteiger partial charge >= 0.3 is 0 Å². The monoisotopic (exact) mass is 263 g/mol. The molecule has 2 heterocycles. The molecule has 2 rings (SSSR count). The first-order valence-corrected chi connectivity index (χ1v) is 6.77. The number of nitrogens with zero attached hydrogens (tertiary/aromatic N) is 3. The van der Waals surface area contributed by atoms with Gasteiger partial charge < -0.3 is 16.4 Å². The van der Waals surface area contributed by atoms with E-state index in [9.17, 15) is 0 Å². The van der Waals surface area contributed by atoms with E-state index in [-0.39, 0.29) is 16.9 Å². The molecule has 1 aliphatic heterocycles. The van der Waals surface area contributed by atoms with Gasteiger partial charge in [-0.15, -0.1) is 0 Å². The fourth-order valence-electron chi connectivity index (χ4n) is 3.08. The summed E-state index contributed by atoms with van der Waals surface area (Å²) in [6.07, 6.45) is 1.06. The van der Waals surface area contributed by atoms with Crippen LogP contribution in [-0.2, 0) is 0 Å². The molecule has 19 heavy (non-hydrogen) atoms. The lowest BCUT2D eigenvalue weighted by Crippen LogP contribution is -2.58. The number of anilines is 2. The Hall–Kier alpha value is -1.36. The van der Waals surface area contributed by atoms with Crippen molar-refractivity contribution in [2.24, 2.45) is 5.41 Å². The van der Waals surface area contributed by atoms with Gasteiger partial charge in [-0.2, -0.15) is 4.98 Å². The molecule has 1 saturated heterocycles. The summed E-state index contributed by atoms with van der Waals surface area (Å²) in [6.45, 7) is 10.2. The van der Waals surface area contributed by atoms with Crippen molar-refractivity contribution >= 4 is 11.8 Å². The summed E-state index contributed by atoms with van der Waals surface area (Å²) in [4.78, 5) is 10.8. The van der Waals surface area contributed by atoms with Crippen molar-refractivity contribution in [2.45, 2.75) is 45.6 Å². The summed E-state index contributed by atoms with van der Waals surface area (Å²) >= 11 is 0. The molecule has 1 aromatic rings. The van der Waals surface area contributed by atoms with E-state index >= 15 is 0 Å². The lowest BCUT2D eigenvalue weighted by Gasteiger charge is -2.56. The average Bonchev–Trinajstić information content (AvgIpc) is 2.25. The number of likely N-dealkylation sites (tertiary alicyclic amines) is 1. The fraction of sp³-hybridized carbons (Fsp3) is 0.714. The molecule has 5 nitrogen and oxygen atoms in total. The molecular formula is C14H25N5. The van der Waals surface area contributed by atoms with Gasteiger partial charge in [-0.05, 0) is 39.3 Å². The topological polar surface area (TPSA) is 81.1 Å². The normalized spacial score (nSPS) is 26.3.